The quantitative estimate of drug-likeness (QED) is 0.494. The average Bonchev–Trinajstić information content (AvgIpc) is 3.02. The van der Waals surface area contributed by atoms with E-state index in [0.717, 1.165) is 26.4 Å². The largest absolute Gasteiger partial charge is 0.332 e. The van der Waals surface area contributed by atoms with Crippen LogP contribution in [-0.2, 0) is 19.5 Å². The molecular formula is C24H24N2O2S. The molecule has 4 rings (SSSR count). The van der Waals surface area contributed by atoms with E-state index >= 15 is 0 Å². The number of nitrogens with zero attached hydrogens (tertiary/aromatic N) is 2. The Kier molecular flexibility index (Phi) is 5.24. The van der Waals surface area contributed by atoms with E-state index in [2.05, 4.69) is 0 Å². The predicted octanol–water partition coefficient (Wildman–Crippen LogP) is 4.44. The Morgan fingerprint density at radius 3 is 2.21 bits per heavy atom. The molecular weight excluding hydrogens is 380 g/mol. The molecule has 0 saturated heterocycles. The van der Waals surface area contributed by atoms with Gasteiger partial charge >= 0.3 is 5.69 Å². The highest BCUT2D eigenvalue weighted by Gasteiger charge is 2.18. The summed E-state index contributed by atoms with van der Waals surface area (Å²) in [6.07, 6.45) is 0.647. The van der Waals surface area contributed by atoms with Crippen LogP contribution in [0.5, 0.6) is 0 Å². The van der Waals surface area contributed by atoms with Gasteiger partial charge < -0.3 is 0 Å². The van der Waals surface area contributed by atoms with E-state index in [9.17, 15) is 9.59 Å². The van der Waals surface area contributed by atoms with Crippen molar-refractivity contribution < 1.29 is 0 Å². The Morgan fingerprint density at radius 1 is 0.828 bits per heavy atom. The van der Waals surface area contributed by atoms with Crippen molar-refractivity contribution in [1.82, 2.24) is 9.13 Å². The van der Waals surface area contributed by atoms with Gasteiger partial charge in [-0.1, -0.05) is 60.2 Å². The summed E-state index contributed by atoms with van der Waals surface area (Å²) in [5.74, 6) is 0. The van der Waals surface area contributed by atoms with E-state index in [1.54, 1.807) is 4.57 Å². The molecule has 0 fully saturated rings. The highest BCUT2D eigenvalue weighted by molar-refractivity contribution is 7.18. The normalized spacial score (nSPS) is 11.3. The minimum atomic E-state index is -0.236. The number of aryl methyl sites for hydroxylation is 4. The van der Waals surface area contributed by atoms with Gasteiger partial charge in [0, 0.05) is 11.4 Å². The second-order valence-corrected chi connectivity index (χ2v) is 8.71. The third-order valence-electron chi connectivity index (χ3n) is 5.46. The van der Waals surface area contributed by atoms with Crippen LogP contribution in [0.4, 0.5) is 0 Å². The van der Waals surface area contributed by atoms with E-state index in [-0.39, 0.29) is 11.2 Å². The Labute approximate surface area is 173 Å². The molecule has 0 amide bonds. The molecule has 2 heterocycles. The third kappa shape index (κ3) is 3.70. The third-order valence-corrected chi connectivity index (χ3v) is 6.69. The van der Waals surface area contributed by atoms with Crippen molar-refractivity contribution in [2.75, 3.05) is 0 Å². The SMILES string of the molecule is Cc1ccc(Cn2c(=O)n(CCc3ccccc3)c(=O)c3c(C)c(C)sc32)cc1. The van der Waals surface area contributed by atoms with Crippen molar-refractivity contribution in [3.05, 3.63) is 103 Å². The molecule has 0 atom stereocenters. The fourth-order valence-electron chi connectivity index (χ4n) is 3.60. The van der Waals surface area contributed by atoms with Gasteiger partial charge in [-0.05, 0) is 43.9 Å². The average molecular weight is 405 g/mol. The zero-order valence-corrected chi connectivity index (χ0v) is 17.8. The van der Waals surface area contributed by atoms with Crippen molar-refractivity contribution in [2.24, 2.45) is 0 Å². The van der Waals surface area contributed by atoms with Crippen LogP contribution in [0.2, 0.25) is 0 Å². The van der Waals surface area contributed by atoms with Crippen LogP contribution in [0.15, 0.2) is 64.2 Å². The summed E-state index contributed by atoms with van der Waals surface area (Å²) in [5, 5.41) is 0.673. The monoisotopic (exact) mass is 404 g/mol. The summed E-state index contributed by atoms with van der Waals surface area (Å²) < 4.78 is 3.17. The van der Waals surface area contributed by atoms with Crippen LogP contribution in [0, 0.1) is 20.8 Å². The fourth-order valence-corrected chi connectivity index (χ4v) is 4.74. The van der Waals surface area contributed by atoms with Crippen LogP contribution in [0.1, 0.15) is 27.1 Å². The second-order valence-electron chi connectivity index (χ2n) is 7.51. The van der Waals surface area contributed by atoms with E-state index in [4.69, 9.17) is 0 Å². The van der Waals surface area contributed by atoms with Gasteiger partial charge in [-0.15, -0.1) is 11.3 Å². The topological polar surface area (TPSA) is 44.0 Å². The summed E-state index contributed by atoms with van der Waals surface area (Å²) in [5.41, 5.74) is 3.91. The first kappa shape index (κ1) is 19.4. The van der Waals surface area contributed by atoms with Gasteiger partial charge in [-0.2, -0.15) is 0 Å². The van der Waals surface area contributed by atoms with Crippen LogP contribution < -0.4 is 11.2 Å². The number of hydrogen-bond acceptors (Lipinski definition) is 3. The maximum absolute atomic E-state index is 13.3. The first-order valence-corrected chi connectivity index (χ1v) is 10.6. The molecule has 0 bridgehead atoms. The molecule has 0 aliphatic heterocycles. The standard InChI is InChI=1S/C24H24N2O2S/c1-16-9-11-20(12-10-16)15-26-23-21(17(2)18(3)29-23)22(27)25(24(26)28)14-13-19-7-5-4-6-8-19/h4-12H,13-15H2,1-3H3. The molecule has 0 aliphatic carbocycles. The van der Waals surface area contributed by atoms with Crippen LogP contribution in [-0.4, -0.2) is 9.13 Å². The van der Waals surface area contributed by atoms with Crippen LogP contribution >= 0.6 is 11.3 Å². The van der Waals surface area contributed by atoms with Crippen molar-refractivity contribution in [1.29, 1.82) is 0 Å². The molecule has 2 aromatic heterocycles. The molecule has 148 valence electrons. The van der Waals surface area contributed by atoms with Gasteiger partial charge in [-0.3, -0.25) is 13.9 Å². The minimum Gasteiger partial charge on any atom is -0.280 e. The fraction of sp³-hybridized carbons (Fsp3) is 0.250. The van der Waals surface area contributed by atoms with Gasteiger partial charge in [0.15, 0.2) is 0 Å². The van der Waals surface area contributed by atoms with E-state index in [0.29, 0.717) is 24.9 Å². The molecule has 0 radical (unpaired) electrons. The lowest BCUT2D eigenvalue weighted by molar-refractivity contribution is 0.591. The van der Waals surface area contributed by atoms with Gasteiger partial charge in [0.05, 0.1) is 11.9 Å². The molecule has 0 N–H and O–H groups in total. The van der Waals surface area contributed by atoms with Crippen molar-refractivity contribution in [2.45, 2.75) is 40.3 Å². The minimum absolute atomic E-state index is 0.178. The molecule has 0 unspecified atom stereocenters. The Balaban J connectivity index is 1.85. The van der Waals surface area contributed by atoms with Gasteiger partial charge in [0.1, 0.15) is 4.83 Å². The van der Waals surface area contributed by atoms with Gasteiger partial charge in [-0.25, -0.2) is 4.79 Å². The van der Waals surface area contributed by atoms with Crippen molar-refractivity contribution >= 4 is 21.6 Å². The first-order valence-electron chi connectivity index (χ1n) is 9.78. The van der Waals surface area contributed by atoms with E-state index in [1.807, 2.05) is 75.4 Å². The molecule has 0 aliphatic rings. The Morgan fingerprint density at radius 2 is 1.52 bits per heavy atom. The van der Waals surface area contributed by atoms with Gasteiger partial charge in [0.25, 0.3) is 5.56 Å². The number of thiophene rings is 1. The summed E-state index contributed by atoms with van der Waals surface area (Å²) in [7, 11) is 0. The molecule has 4 aromatic rings. The first-order chi connectivity index (χ1) is 14.0. The molecule has 5 heteroatoms. The van der Waals surface area contributed by atoms with Crippen LogP contribution in [0.3, 0.4) is 0 Å². The zero-order chi connectivity index (χ0) is 20.5. The summed E-state index contributed by atoms with van der Waals surface area (Å²) in [6.45, 7) is 6.86. The number of hydrogen-bond donors (Lipinski definition) is 0. The number of fused-ring (bicyclic) bond motifs is 1. The van der Waals surface area contributed by atoms with Crippen molar-refractivity contribution in [3.63, 3.8) is 0 Å². The summed E-state index contributed by atoms with van der Waals surface area (Å²) in [4.78, 5) is 28.4. The lowest BCUT2D eigenvalue weighted by atomic mass is 10.1. The molecule has 29 heavy (non-hydrogen) atoms. The van der Waals surface area contributed by atoms with E-state index < -0.39 is 0 Å². The van der Waals surface area contributed by atoms with Gasteiger partial charge in [0.2, 0.25) is 0 Å². The lowest BCUT2D eigenvalue weighted by Gasteiger charge is -2.13. The highest BCUT2D eigenvalue weighted by atomic mass is 32.1. The summed E-state index contributed by atoms with van der Waals surface area (Å²) in [6, 6.07) is 18.1. The van der Waals surface area contributed by atoms with E-state index in [1.165, 1.54) is 21.5 Å². The number of benzene rings is 2. The van der Waals surface area contributed by atoms with Crippen LogP contribution in [0.25, 0.3) is 10.2 Å². The zero-order valence-electron chi connectivity index (χ0n) is 16.9. The smallest absolute Gasteiger partial charge is 0.280 e. The number of aromatic nitrogens is 2. The lowest BCUT2D eigenvalue weighted by Crippen LogP contribution is -2.40. The molecule has 0 spiro atoms. The molecule has 2 aromatic carbocycles. The number of rotatable bonds is 5. The Bertz CT molecular complexity index is 1280. The summed E-state index contributed by atoms with van der Waals surface area (Å²) >= 11 is 1.53. The predicted molar refractivity (Wildman–Crippen MR) is 120 cm³/mol. The Hall–Kier alpha value is -2.92. The maximum atomic E-state index is 13.3. The molecule has 4 nitrogen and oxygen atoms in total. The highest BCUT2D eigenvalue weighted by Crippen LogP contribution is 2.27. The second kappa shape index (κ2) is 7.84. The van der Waals surface area contributed by atoms with Crippen molar-refractivity contribution in [3.8, 4) is 0 Å². The maximum Gasteiger partial charge on any atom is 0.332 e. The molecule has 0 saturated carbocycles.